The number of hydrogen-bond acceptors (Lipinski definition) is 2. The van der Waals surface area contributed by atoms with Gasteiger partial charge < -0.3 is 4.74 Å². The molecule has 2 bridgehead atoms. The SMILES string of the molecule is O=C(CBr)OC[C@H]1C[C@@H]2C=C[C@@H]1C2. The predicted octanol–water partition coefficient (Wildman–Crippen LogP) is 2.14. The van der Waals surface area contributed by atoms with E-state index < -0.39 is 0 Å². The molecule has 2 aliphatic carbocycles. The average molecular weight is 245 g/mol. The summed E-state index contributed by atoms with van der Waals surface area (Å²) in [6, 6.07) is 0. The summed E-state index contributed by atoms with van der Waals surface area (Å²) in [6.45, 7) is 0.607. The van der Waals surface area contributed by atoms with Gasteiger partial charge in [-0.2, -0.15) is 0 Å². The molecule has 72 valence electrons. The lowest BCUT2D eigenvalue weighted by Crippen LogP contribution is -2.18. The fourth-order valence-corrected chi connectivity index (χ4v) is 2.49. The van der Waals surface area contributed by atoms with Crippen LogP contribution >= 0.6 is 15.9 Å². The number of hydrogen-bond donors (Lipinski definition) is 0. The van der Waals surface area contributed by atoms with Crippen molar-refractivity contribution < 1.29 is 9.53 Å². The van der Waals surface area contributed by atoms with Crippen molar-refractivity contribution in [3.8, 4) is 0 Å². The second-order valence-electron chi connectivity index (χ2n) is 3.86. The Kier molecular flexibility index (Phi) is 2.72. The number of allylic oxidation sites excluding steroid dienone is 2. The monoisotopic (exact) mass is 244 g/mol. The van der Waals surface area contributed by atoms with E-state index in [0.29, 0.717) is 23.8 Å². The van der Waals surface area contributed by atoms with Crippen LogP contribution in [0.15, 0.2) is 12.2 Å². The lowest BCUT2D eigenvalue weighted by Gasteiger charge is -2.17. The number of ether oxygens (including phenoxy) is 1. The molecule has 0 aromatic heterocycles. The Balaban J connectivity index is 1.78. The van der Waals surface area contributed by atoms with Crippen LogP contribution in [-0.4, -0.2) is 17.9 Å². The number of fused-ring (bicyclic) bond motifs is 2. The van der Waals surface area contributed by atoms with Crippen molar-refractivity contribution in [2.45, 2.75) is 12.8 Å². The Morgan fingerprint density at radius 2 is 2.31 bits per heavy atom. The van der Waals surface area contributed by atoms with Gasteiger partial charge in [-0.3, -0.25) is 4.79 Å². The molecule has 0 aromatic carbocycles. The minimum absolute atomic E-state index is 0.147. The van der Waals surface area contributed by atoms with Crippen LogP contribution in [-0.2, 0) is 9.53 Å². The van der Waals surface area contributed by atoms with Gasteiger partial charge in [-0.1, -0.05) is 28.1 Å². The second kappa shape index (κ2) is 3.82. The Morgan fingerprint density at radius 3 is 2.85 bits per heavy atom. The van der Waals surface area contributed by atoms with E-state index in [9.17, 15) is 4.79 Å². The van der Waals surface area contributed by atoms with Gasteiger partial charge in [0.15, 0.2) is 0 Å². The van der Waals surface area contributed by atoms with E-state index in [-0.39, 0.29) is 5.97 Å². The van der Waals surface area contributed by atoms with Crippen LogP contribution in [0.2, 0.25) is 0 Å². The predicted molar refractivity (Wildman–Crippen MR) is 53.6 cm³/mol. The fourth-order valence-electron chi connectivity index (χ4n) is 2.32. The van der Waals surface area contributed by atoms with Gasteiger partial charge in [0.1, 0.15) is 5.33 Å². The van der Waals surface area contributed by atoms with Crippen LogP contribution in [0.25, 0.3) is 0 Å². The number of rotatable bonds is 3. The molecule has 2 aliphatic rings. The summed E-state index contributed by atoms with van der Waals surface area (Å²) in [4.78, 5) is 10.9. The third-order valence-corrected chi connectivity index (χ3v) is 3.44. The van der Waals surface area contributed by atoms with Gasteiger partial charge in [0.25, 0.3) is 0 Å². The molecule has 0 unspecified atom stereocenters. The zero-order chi connectivity index (χ0) is 9.26. The number of alkyl halides is 1. The lowest BCUT2D eigenvalue weighted by atomic mass is 9.95. The van der Waals surface area contributed by atoms with E-state index in [1.54, 1.807) is 0 Å². The van der Waals surface area contributed by atoms with Gasteiger partial charge in [0, 0.05) is 0 Å². The maximum atomic E-state index is 10.9. The van der Waals surface area contributed by atoms with Crippen molar-refractivity contribution in [2.75, 3.05) is 11.9 Å². The summed E-state index contributed by atoms with van der Waals surface area (Å²) in [6.07, 6.45) is 7.06. The van der Waals surface area contributed by atoms with E-state index in [4.69, 9.17) is 4.74 Å². The highest BCUT2D eigenvalue weighted by molar-refractivity contribution is 9.09. The summed E-state index contributed by atoms with van der Waals surface area (Å²) >= 11 is 3.08. The van der Waals surface area contributed by atoms with Gasteiger partial charge in [-0.25, -0.2) is 0 Å². The van der Waals surface area contributed by atoms with Crippen molar-refractivity contribution in [1.29, 1.82) is 0 Å². The normalized spacial score (nSPS) is 35.3. The van der Waals surface area contributed by atoms with Crippen molar-refractivity contribution in [2.24, 2.45) is 17.8 Å². The highest BCUT2D eigenvalue weighted by Crippen LogP contribution is 2.43. The molecule has 0 aromatic rings. The van der Waals surface area contributed by atoms with Crippen LogP contribution in [0.1, 0.15) is 12.8 Å². The van der Waals surface area contributed by atoms with Crippen molar-refractivity contribution in [3.05, 3.63) is 12.2 Å². The van der Waals surface area contributed by atoms with Gasteiger partial charge in [0.05, 0.1) is 6.61 Å². The smallest absolute Gasteiger partial charge is 0.316 e. The Bertz CT molecular complexity index is 237. The quantitative estimate of drug-likeness (QED) is 0.432. The summed E-state index contributed by atoms with van der Waals surface area (Å²) in [5.41, 5.74) is 0. The number of carbonyl (C=O) groups excluding carboxylic acids is 1. The molecule has 2 nitrogen and oxygen atoms in total. The van der Waals surface area contributed by atoms with E-state index >= 15 is 0 Å². The first-order valence-electron chi connectivity index (χ1n) is 4.69. The van der Waals surface area contributed by atoms with Crippen LogP contribution in [0, 0.1) is 17.8 Å². The maximum Gasteiger partial charge on any atom is 0.316 e. The molecule has 2 rings (SSSR count). The molecule has 0 heterocycles. The van der Waals surface area contributed by atoms with Gasteiger partial charge in [0.2, 0.25) is 0 Å². The lowest BCUT2D eigenvalue weighted by molar-refractivity contribution is -0.141. The summed E-state index contributed by atoms with van der Waals surface area (Å²) in [5, 5.41) is 0.309. The first-order chi connectivity index (χ1) is 6.29. The van der Waals surface area contributed by atoms with Crippen molar-refractivity contribution >= 4 is 21.9 Å². The molecule has 0 saturated heterocycles. The first kappa shape index (κ1) is 9.25. The molecule has 3 heteroatoms. The highest BCUT2D eigenvalue weighted by Gasteiger charge is 2.35. The molecular weight excluding hydrogens is 232 g/mol. The van der Waals surface area contributed by atoms with Crippen molar-refractivity contribution in [3.63, 3.8) is 0 Å². The van der Waals surface area contributed by atoms with Gasteiger partial charge in [-0.15, -0.1) is 0 Å². The molecule has 1 saturated carbocycles. The van der Waals surface area contributed by atoms with Crippen LogP contribution < -0.4 is 0 Å². The fraction of sp³-hybridized carbons (Fsp3) is 0.700. The zero-order valence-electron chi connectivity index (χ0n) is 7.41. The van der Waals surface area contributed by atoms with E-state index in [0.717, 1.165) is 5.92 Å². The average Bonchev–Trinajstić information content (AvgIpc) is 2.74. The largest absolute Gasteiger partial charge is 0.465 e. The number of esters is 1. The molecule has 0 N–H and O–H groups in total. The Labute approximate surface area is 86.5 Å². The van der Waals surface area contributed by atoms with E-state index in [1.807, 2.05) is 0 Å². The molecule has 0 radical (unpaired) electrons. The van der Waals surface area contributed by atoms with Crippen LogP contribution in [0.4, 0.5) is 0 Å². The topological polar surface area (TPSA) is 26.3 Å². The van der Waals surface area contributed by atoms with Crippen molar-refractivity contribution in [1.82, 2.24) is 0 Å². The minimum atomic E-state index is -0.147. The van der Waals surface area contributed by atoms with E-state index in [2.05, 4.69) is 28.1 Å². The third kappa shape index (κ3) is 1.96. The standard InChI is InChI=1S/C10H13BrO2/c11-5-10(12)13-6-9-4-7-1-2-8(9)3-7/h1-2,7-9H,3-6H2/t7-,8-,9-/m1/s1. The molecule has 0 aliphatic heterocycles. The molecule has 0 amide bonds. The second-order valence-corrected chi connectivity index (χ2v) is 4.42. The minimum Gasteiger partial charge on any atom is -0.465 e. The zero-order valence-corrected chi connectivity index (χ0v) is 9.00. The summed E-state index contributed by atoms with van der Waals surface area (Å²) in [7, 11) is 0. The Hall–Kier alpha value is -0.310. The molecule has 13 heavy (non-hydrogen) atoms. The number of halogens is 1. The van der Waals surface area contributed by atoms with E-state index in [1.165, 1.54) is 12.8 Å². The Morgan fingerprint density at radius 1 is 1.46 bits per heavy atom. The molecule has 0 spiro atoms. The number of carbonyl (C=O) groups is 1. The van der Waals surface area contributed by atoms with Crippen LogP contribution in [0.3, 0.4) is 0 Å². The van der Waals surface area contributed by atoms with Gasteiger partial charge in [-0.05, 0) is 30.6 Å². The molecular formula is C10H13BrO2. The molecule has 1 fully saturated rings. The first-order valence-corrected chi connectivity index (χ1v) is 5.81. The maximum absolute atomic E-state index is 10.9. The van der Waals surface area contributed by atoms with Crippen LogP contribution in [0.5, 0.6) is 0 Å². The highest BCUT2D eigenvalue weighted by atomic mass is 79.9. The summed E-state index contributed by atoms with van der Waals surface area (Å²) < 4.78 is 5.11. The molecule has 3 atom stereocenters. The summed E-state index contributed by atoms with van der Waals surface area (Å²) in [5.74, 6) is 1.87. The van der Waals surface area contributed by atoms with Gasteiger partial charge >= 0.3 is 5.97 Å². The third-order valence-electron chi connectivity index (χ3n) is 2.98.